The fourth-order valence-corrected chi connectivity index (χ4v) is 4.81. The van der Waals surface area contributed by atoms with Crippen LogP contribution in [0.5, 0.6) is 11.5 Å². The van der Waals surface area contributed by atoms with Gasteiger partial charge in [0.2, 0.25) is 5.91 Å². The van der Waals surface area contributed by atoms with Crippen molar-refractivity contribution in [2.75, 3.05) is 18.1 Å². The number of furan rings is 1. The molecule has 0 aliphatic carbocycles. The van der Waals surface area contributed by atoms with Gasteiger partial charge in [-0.1, -0.05) is 12.1 Å². The van der Waals surface area contributed by atoms with Gasteiger partial charge in [0.05, 0.1) is 29.7 Å². The van der Waals surface area contributed by atoms with Crippen LogP contribution in [-0.2, 0) is 16.1 Å². The Morgan fingerprint density at radius 1 is 1.21 bits per heavy atom. The van der Waals surface area contributed by atoms with Gasteiger partial charge < -0.3 is 23.5 Å². The molecule has 0 saturated carbocycles. The molecule has 6 rings (SSSR count). The Morgan fingerprint density at radius 2 is 2.03 bits per heavy atom. The van der Waals surface area contributed by atoms with Crippen LogP contribution >= 0.6 is 0 Å². The molecule has 1 saturated heterocycles. The fraction of sp³-hybridized carbons (Fsp3) is 0.259. The number of hydrogen-bond acceptors (Lipinski definition) is 8. The molecular formula is C27H20F2N4O6. The summed E-state index contributed by atoms with van der Waals surface area (Å²) in [5, 5.41) is 14.0. The second-order valence-electron chi connectivity index (χ2n) is 9.18. The smallest absolute Gasteiger partial charge is 0.459 e. The lowest BCUT2D eigenvalue weighted by atomic mass is 10.1. The first kappa shape index (κ1) is 24.6. The van der Waals surface area contributed by atoms with Gasteiger partial charge in [-0.25, -0.2) is 4.68 Å². The number of ether oxygens (including phenoxy) is 3. The van der Waals surface area contributed by atoms with Crippen LogP contribution in [0.25, 0.3) is 22.2 Å². The highest BCUT2D eigenvalue weighted by Gasteiger charge is 2.44. The largest absolute Gasteiger partial charge is 0.586 e. The Hall–Kier alpha value is -4.76. The molecule has 10 nitrogen and oxygen atoms in total. The summed E-state index contributed by atoms with van der Waals surface area (Å²) in [4.78, 5) is 28.5. The lowest BCUT2D eigenvalue weighted by Crippen LogP contribution is -2.44. The van der Waals surface area contributed by atoms with Crippen molar-refractivity contribution >= 4 is 22.6 Å². The predicted octanol–water partition coefficient (Wildman–Crippen LogP) is 3.98. The average molecular weight is 534 g/mol. The van der Waals surface area contributed by atoms with Gasteiger partial charge >= 0.3 is 6.29 Å². The van der Waals surface area contributed by atoms with Crippen molar-refractivity contribution in [3.63, 3.8) is 0 Å². The first-order valence-corrected chi connectivity index (χ1v) is 12.0. The topological polar surface area (TPSA) is 120 Å². The van der Waals surface area contributed by atoms with E-state index in [4.69, 9.17) is 9.15 Å². The van der Waals surface area contributed by atoms with E-state index in [-0.39, 0.29) is 34.8 Å². The Bertz CT molecular complexity index is 1720. The molecule has 1 atom stereocenters. The van der Waals surface area contributed by atoms with E-state index in [1.54, 1.807) is 37.3 Å². The zero-order chi connectivity index (χ0) is 27.3. The first-order chi connectivity index (χ1) is 18.7. The summed E-state index contributed by atoms with van der Waals surface area (Å²) >= 11 is 0. The summed E-state index contributed by atoms with van der Waals surface area (Å²) in [6, 6.07) is 14.0. The Morgan fingerprint density at radius 3 is 2.79 bits per heavy atom. The monoisotopic (exact) mass is 534 g/mol. The summed E-state index contributed by atoms with van der Waals surface area (Å²) in [7, 11) is 0. The molecule has 0 bridgehead atoms. The van der Waals surface area contributed by atoms with E-state index >= 15 is 0 Å². The van der Waals surface area contributed by atoms with Crippen LogP contribution in [0.2, 0.25) is 0 Å². The molecule has 4 heterocycles. The number of hydrogen-bond donors (Lipinski definition) is 0. The van der Waals surface area contributed by atoms with Crippen molar-refractivity contribution in [2.24, 2.45) is 0 Å². The number of fused-ring (bicyclic) bond motifs is 2. The number of benzene rings is 2. The van der Waals surface area contributed by atoms with Crippen molar-refractivity contribution in [3.8, 4) is 28.8 Å². The SMILES string of the molecule is Cc1cc2c(=O)n(CC(=O)N(c3ccc4c(c3)OC(F)(F)O4)C3CCOC3)nc(-c3cccc(C#N)c3)c2o1. The normalized spacial score (nSPS) is 17.3. The molecule has 1 fully saturated rings. The molecule has 1 unspecified atom stereocenters. The molecule has 2 aliphatic heterocycles. The van der Waals surface area contributed by atoms with E-state index in [0.717, 1.165) is 4.68 Å². The minimum Gasteiger partial charge on any atom is -0.459 e. The second-order valence-corrected chi connectivity index (χ2v) is 9.18. The number of amides is 1. The molecule has 0 N–H and O–H groups in total. The molecule has 0 spiro atoms. The Labute approximate surface area is 219 Å². The molecule has 2 aromatic heterocycles. The number of alkyl halides is 2. The third kappa shape index (κ3) is 4.46. The summed E-state index contributed by atoms with van der Waals surface area (Å²) in [6.45, 7) is 1.88. The molecule has 2 aliphatic rings. The highest BCUT2D eigenvalue weighted by molar-refractivity contribution is 5.95. The van der Waals surface area contributed by atoms with E-state index in [2.05, 4.69) is 20.6 Å². The van der Waals surface area contributed by atoms with Gasteiger partial charge in [-0.2, -0.15) is 10.4 Å². The van der Waals surface area contributed by atoms with Crippen molar-refractivity contribution in [1.82, 2.24) is 9.78 Å². The van der Waals surface area contributed by atoms with Crippen LogP contribution in [0.15, 0.2) is 57.7 Å². The zero-order valence-electron chi connectivity index (χ0n) is 20.5. The predicted molar refractivity (Wildman–Crippen MR) is 133 cm³/mol. The number of nitriles is 1. The van der Waals surface area contributed by atoms with Crippen LogP contribution in [0, 0.1) is 18.3 Å². The highest BCUT2D eigenvalue weighted by atomic mass is 19.3. The number of aryl methyl sites for hydroxylation is 1. The van der Waals surface area contributed by atoms with Crippen LogP contribution < -0.4 is 19.9 Å². The molecule has 1 amide bonds. The van der Waals surface area contributed by atoms with Gasteiger partial charge in [0.1, 0.15) is 18.0 Å². The third-order valence-electron chi connectivity index (χ3n) is 6.51. The van der Waals surface area contributed by atoms with Crippen LogP contribution in [0.1, 0.15) is 17.7 Å². The first-order valence-electron chi connectivity index (χ1n) is 12.0. The quantitative estimate of drug-likeness (QED) is 0.377. The maximum absolute atomic E-state index is 13.8. The van der Waals surface area contributed by atoms with E-state index in [1.807, 2.05) is 0 Å². The van der Waals surface area contributed by atoms with E-state index in [1.165, 1.54) is 23.1 Å². The summed E-state index contributed by atoms with van der Waals surface area (Å²) < 4.78 is 48.5. The maximum Gasteiger partial charge on any atom is 0.586 e. The van der Waals surface area contributed by atoms with Gasteiger partial charge in [-0.3, -0.25) is 9.59 Å². The van der Waals surface area contributed by atoms with E-state index < -0.39 is 30.3 Å². The van der Waals surface area contributed by atoms with Crippen LogP contribution in [0.4, 0.5) is 14.5 Å². The standard InChI is InChI=1S/C27H20F2N4O6/c1-15-9-20-25(37-15)24(17-4-2-3-16(10-17)12-30)31-32(26(20)35)13-23(34)33(19-7-8-36-14-19)18-5-6-21-22(11-18)39-27(28,29)38-21/h2-6,9-11,19H,7-8,13-14H2,1H3. The lowest BCUT2D eigenvalue weighted by Gasteiger charge is -2.28. The summed E-state index contributed by atoms with van der Waals surface area (Å²) in [6.07, 6.45) is -3.30. The minimum atomic E-state index is -3.80. The Kier molecular flexibility index (Phi) is 5.80. The molecule has 4 aromatic rings. The Balaban J connectivity index is 1.41. The zero-order valence-corrected chi connectivity index (χ0v) is 20.5. The van der Waals surface area contributed by atoms with Crippen LogP contribution in [0.3, 0.4) is 0 Å². The lowest BCUT2D eigenvalue weighted by molar-refractivity contribution is -0.286. The fourth-order valence-electron chi connectivity index (χ4n) is 4.81. The molecule has 2 aromatic carbocycles. The van der Waals surface area contributed by atoms with Gasteiger partial charge in [0.25, 0.3) is 5.56 Å². The highest BCUT2D eigenvalue weighted by Crippen LogP contribution is 2.43. The molecule has 12 heteroatoms. The number of carbonyl (C=O) groups is 1. The van der Waals surface area contributed by atoms with Gasteiger partial charge in [0, 0.05) is 23.9 Å². The van der Waals surface area contributed by atoms with Crippen molar-refractivity contribution < 1.29 is 32.2 Å². The second kappa shape index (κ2) is 9.21. The van der Waals surface area contributed by atoms with E-state index in [9.17, 15) is 23.6 Å². The number of rotatable bonds is 5. The number of aromatic nitrogens is 2. The van der Waals surface area contributed by atoms with E-state index in [0.29, 0.717) is 35.6 Å². The number of nitrogens with zero attached hydrogens (tertiary/aromatic N) is 4. The third-order valence-corrected chi connectivity index (χ3v) is 6.51. The summed E-state index contributed by atoms with van der Waals surface area (Å²) in [5.74, 6) is -0.393. The van der Waals surface area contributed by atoms with Crippen molar-refractivity contribution in [1.29, 1.82) is 5.26 Å². The summed E-state index contributed by atoms with van der Waals surface area (Å²) in [5.41, 5.74) is 1.21. The number of anilines is 1. The molecule has 0 radical (unpaired) electrons. The molecular weight excluding hydrogens is 514 g/mol. The van der Waals surface area contributed by atoms with Gasteiger partial charge in [-0.15, -0.1) is 8.78 Å². The van der Waals surface area contributed by atoms with Crippen molar-refractivity contribution in [2.45, 2.75) is 32.2 Å². The van der Waals surface area contributed by atoms with Crippen LogP contribution in [-0.4, -0.2) is 41.2 Å². The van der Waals surface area contributed by atoms with Gasteiger partial charge in [0.15, 0.2) is 17.1 Å². The van der Waals surface area contributed by atoms with Crippen molar-refractivity contribution in [3.05, 3.63) is 70.2 Å². The minimum absolute atomic E-state index is 0.151. The maximum atomic E-state index is 13.8. The molecule has 198 valence electrons. The number of halogens is 2. The van der Waals surface area contributed by atoms with Gasteiger partial charge in [-0.05, 0) is 43.7 Å². The molecule has 39 heavy (non-hydrogen) atoms. The number of carbonyl (C=O) groups excluding carboxylic acids is 1. The average Bonchev–Trinajstić information content (AvgIpc) is 3.63.